The van der Waals surface area contributed by atoms with Crippen LogP contribution in [-0.4, -0.2) is 74.8 Å². The van der Waals surface area contributed by atoms with E-state index in [1.807, 2.05) is 0 Å². The number of hydrogen-bond acceptors (Lipinski definition) is 3. The molecule has 1 N–H and O–H groups in total. The van der Waals surface area contributed by atoms with Gasteiger partial charge in [0.25, 0.3) is 0 Å². The maximum atomic E-state index is 5.63. The summed E-state index contributed by atoms with van der Waals surface area (Å²) in [5.74, 6) is 1.11. The molecule has 1 spiro atoms. The summed E-state index contributed by atoms with van der Waals surface area (Å²) in [6, 6.07) is 0. The van der Waals surface area contributed by atoms with E-state index in [1.54, 1.807) is 0 Å². The standard InChI is InChI=1S/C16H30N4O/c1-2-17-15(18-7-11-19-8-3-4-9-19)20-10-5-16(13-20)6-12-21-14-16/h2-14H2,1H3,(H,17,18). The second-order valence-corrected chi connectivity index (χ2v) is 6.76. The zero-order valence-electron chi connectivity index (χ0n) is 13.4. The molecule has 5 nitrogen and oxygen atoms in total. The van der Waals surface area contributed by atoms with Crippen LogP contribution in [0.3, 0.4) is 0 Å². The Morgan fingerprint density at radius 3 is 2.81 bits per heavy atom. The molecule has 0 amide bonds. The van der Waals surface area contributed by atoms with Gasteiger partial charge in [0, 0.05) is 38.2 Å². The summed E-state index contributed by atoms with van der Waals surface area (Å²) in [6.45, 7) is 11.8. The third-order valence-electron chi connectivity index (χ3n) is 5.13. The summed E-state index contributed by atoms with van der Waals surface area (Å²) in [6.07, 6.45) is 5.19. The molecule has 1 unspecified atom stereocenters. The lowest BCUT2D eigenvalue weighted by molar-refractivity contribution is 0.156. The van der Waals surface area contributed by atoms with E-state index in [9.17, 15) is 0 Å². The van der Waals surface area contributed by atoms with Crippen molar-refractivity contribution >= 4 is 5.96 Å². The fourth-order valence-electron chi connectivity index (χ4n) is 3.82. The molecule has 0 aliphatic carbocycles. The lowest BCUT2D eigenvalue weighted by atomic mass is 9.87. The third-order valence-corrected chi connectivity index (χ3v) is 5.13. The van der Waals surface area contributed by atoms with E-state index in [2.05, 4.69) is 22.0 Å². The Balaban J connectivity index is 1.53. The highest BCUT2D eigenvalue weighted by atomic mass is 16.5. The van der Waals surface area contributed by atoms with Gasteiger partial charge in [-0.05, 0) is 45.7 Å². The molecule has 3 heterocycles. The predicted octanol–water partition coefficient (Wildman–Crippen LogP) is 1.16. The van der Waals surface area contributed by atoms with Crippen LogP contribution in [0.15, 0.2) is 4.99 Å². The van der Waals surface area contributed by atoms with E-state index >= 15 is 0 Å². The maximum absolute atomic E-state index is 5.63. The second-order valence-electron chi connectivity index (χ2n) is 6.76. The summed E-state index contributed by atoms with van der Waals surface area (Å²) >= 11 is 0. The molecule has 0 radical (unpaired) electrons. The molecular formula is C16H30N4O. The van der Waals surface area contributed by atoms with Gasteiger partial charge in [-0.1, -0.05) is 0 Å². The zero-order chi connectivity index (χ0) is 14.5. The SMILES string of the molecule is CCNC(=NCCN1CCCC1)N1CCC2(CCOC2)C1. The van der Waals surface area contributed by atoms with Crippen LogP contribution < -0.4 is 5.32 Å². The van der Waals surface area contributed by atoms with Gasteiger partial charge >= 0.3 is 0 Å². The molecule has 21 heavy (non-hydrogen) atoms. The first-order valence-electron chi connectivity index (χ1n) is 8.65. The molecule has 1 atom stereocenters. The molecule has 3 aliphatic heterocycles. The van der Waals surface area contributed by atoms with Gasteiger partial charge in [-0.3, -0.25) is 4.99 Å². The molecular weight excluding hydrogens is 264 g/mol. The summed E-state index contributed by atoms with van der Waals surface area (Å²) in [5.41, 5.74) is 0.408. The molecule has 0 aromatic rings. The molecule has 120 valence electrons. The van der Waals surface area contributed by atoms with Crippen LogP contribution in [-0.2, 0) is 4.74 Å². The van der Waals surface area contributed by atoms with Gasteiger partial charge in [-0.15, -0.1) is 0 Å². The Hall–Kier alpha value is -0.810. The molecule has 3 rings (SSSR count). The zero-order valence-corrected chi connectivity index (χ0v) is 13.4. The van der Waals surface area contributed by atoms with Gasteiger partial charge in [0.2, 0.25) is 0 Å². The molecule has 3 aliphatic rings. The number of nitrogens with zero attached hydrogens (tertiary/aromatic N) is 3. The summed E-state index contributed by atoms with van der Waals surface area (Å²) in [4.78, 5) is 9.84. The van der Waals surface area contributed by atoms with Gasteiger partial charge < -0.3 is 19.9 Å². The van der Waals surface area contributed by atoms with Crippen molar-refractivity contribution in [1.29, 1.82) is 0 Å². The fourth-order valence-corrected chi connectivity index (χ4v) is 3.82. The minimum Gasteiger partial charge on any atom is -0.381 e. The van der Waals surface area contributed by atoms with Crippen molar-refractivity contribution in [3.8, 4) is 0 Å². The number of ether oxygens (including phenoxy) is 1. The third kappa shape index (κ3) is 3.69. The molecule has 0 aromatic carbocycles. The average molecular weight is 294 g/mol. The normalized spacial score (nSPS) is 30.7. The van der Waals surface area contributed by atoms with E-state index in [4.69, 9.17) is 9.73 Å². The van der Waals surface area contributed by atoms with Crippen molar-refractivity contribution in [3.05, 3.63) is 0 Å². The summed E-state index contributed by atoms with van der Waals surface area (Å²) in [5, 5.41) is 3.47. The van der Waals surface area contributed by atoms with Crippen LogP contribution in [0.25, 0.3) is 0 Å². The van der Waals surface area contributed by atoms with Crippen molar-refractivity contribution in [1.82, 2.24) is 15.1 Å². The van der Waals surface area contributed by atoms with Gasteiger partial charge in [0.15, 0.2) is 5.96 Å². The van der Waals surface area contributed by atoms with Crippen molar-refractivity contribution < 1.29 is 4.74 Å². The summed E-state index contributed by atoms with van der Waals surface area (Å²) in [7, 11) is 0. The Morgan fingerprint density at radius 2 is 2.10 bits per heavy atom. The van der Waals surface area contributed by atoms with E-state index < -0.39 is 0 Å². The van der Waals surface area contributed by atoms with Gasteiger partial charge in [-0.2, -0.15) is 0 Å². The molecule has 5 heteroatoms. The molecule has 0 bridgehead atoms. The number of hydrogen-bond donors (Lipinski definition) is 1. The topological polar surface area (TPSA) is 40.1 Å². The number of rotatable bonds is 4. The first-order valence-corrected chi connectivity index (χ1v) is 8.65. The van der Waals surface area contributed by atoms with Crippen molar-refractivity contribution in [2.45, 2.75) is 32.6 Å². The van der Waals surface area contributed by atoms with Crippen LogP contribution in [0.4, 0.5) is 0 Å². The Labute approximate surface area is 128 Å². The van der Waals surface area contributed by atoms with Crippen LogP contribution in [0.1, 0.15) is 32.6 Å². The average Bonchev–Trinajstić information content (AvgIpc) is 3.22. The van der Waals surface area contributed by atoms with Gasteiger partial charge in [0.05, 0.1) is 13.2 Å². The van der Waals surface area contributed by atoms with Gasteiger partial charge in [-0.25, -0.2) is 0 Å². The Bertz CT molecular complexity index is 359. The molecule has 3 fully saturated rings. The predicted molar refractivity (Wildman–Crippen MR) is 85.7 cm³/mol. The van der Waals surface area contributed by atoms with E-state index in [1.165, 1.54) is 38.8 Å². The summed E-state index contributed by atoms with van der Waals surface area (Å²) < 4.78 is 5.63. The number of nitrogens with one attached hydrogen (secondary N) is 1. The number of guanidine groups is 1. The molecule has 0 saturated carbocycles. The lowest BCUT2D eigenvalue weighted by Gasteiger charge is -2.25. The van der Waals surface area contributed by atoms with E-state index in [0.717, 1.165) is 51.9 Å². The smallest absolute Gasteiger partial charge is 0.193 e. The lowest BCUT2D eigenvalue weighted by Crippen LogP contribution is -2.42. The quantitative estimate of drug-likeness (QED) is 0.624. The number of likely N-dealkylation sites (tertiary alicyclic amines) is 2. The van der Waals surface area contributed by atoms with Crippen LogP contribution in [0.5, 0.6) is 0 Å². The van der Waals surface area contributed by atoms with Crippen molar-refractivity contribution in [3.63, 3.8) is 0 Å². The highest BCUT2D eigenvalue weighted by Gasteiger charge is 2.42. The van der Waals surface area contributed by atoms with Crippen LogP contribution >= 0.6 is 0 Å². The van der Waals surface area contributed by atoms with E-state index in [-0.39, 0.29) is 0 Å². The first kappa shape index (κ1) is 15.1. The van der Waals surface area contributed by atoms with Crippen molar-refractivity contribution in [2.75, 3.05) is 59.0 Å². The Morgan fingerprint density at radius 1 is 1.24 bits per heavy atom. The second kappa shape index (κ2) is 6.97. The Kier molecular flexibility index (Phi) is 5.01. The van der Waals surface area contributed by atoms with Crippen LogP contribution in [0.2, 0.25) is 0 Å². The molecule has 3 saturated heterocycles. The van der Waals surface area contributed by atoms with E-state index in [0.29, 0.717) is 5.41 Å². The fraction of sp³-hybridized carbons (Fsp3) is 0.938. The highest BCUT2D eigenvalue weighted by Crippen LogP contribution is 2.38. The largest absolute Gasteiger partial charge is 0.381 e. The highest BCUT2D eigenvalue weighted by molar-refractivity contribution is 5.80. The first-order chi connectivity index (χ1) is 10.3. The number of aliphatic imine (C=N–C) groups is 1. The van der Waals surface area contributed by atoms with Gasteiger partial charge in [0.1, 0.15) is 0 Å². The monoisotopic (exact) mass is 294 g/mol. The minimum atomic E-state index is 0.408. The molecule has 0 aromatic heterocycles. The van der Waals surface area contributed by atoms with Crippen molar-refractivity contribution in [2.24, 2.45) is 10.4 Å². The minimum absolute atomic E-state index is 0.408. The maximum Gasteiger partial charge on any atom is 0.193 e. The van der Waals surface area contributed by atoms with Crippen LogP contribution in [0, 0.1) is 5.41 Å².